The van der Waals surface area contributed by atoms with Crippen molar-refractivity contribution in [2.75, 3.05) is 0 Å². The van der Waals surface area contributed by atoms with Crippen LogP contribution in [-0.2, 0) is 4.74 Å². The third-order valence-electron chi connectivity index (χ3n) is 4.97. The molecule has 3 heteroatoms. The molecule has 1 heterocycles. The molecule has 1 aliphatic heterocycles. The van der Waals surface area contributed by atoms with E-state index in [4.69, 9.17) is 21.3 Å². The molecule has 3 aliphatic carbocycles. The van der Waals surface area contributed by atoms with Gasteiger partial charge in [0.1, 0.15) is 5.76 Å². The second kappa shape index (κ2) is 5.86. The molecular weight excluding hydrogens is 342 g/mol. The second-order valence-electron chi connectivity index (χ2n) is 6.47. The van der Waals surface area contributed by atoms with Gasteiger partial charge >= 0.3 is 0 Å². The van der Waals surface area contributed by atoms with E-state index < -0.39 is 5.54 Å². The van der Waals surface area contributed by atoms with Crippen LogP contribution >= 0.6 is 11.6 Å². The summed E-state index contributed by atoms with van der Waals surface area (Å²) in [6.07, 6.45) is 22.6. The number of fused-ring (bicyclic) bond motifs is 1. The molecule has 4 aliphatic rings. The fourth-order valence-corrected chi connectivity index (χ4v) is 3.81. The SMILES string of the molecule is Clc1ccc(/C=C/C2=CC=C3C(=CC=C4C=CC=C5OC=NC453)[CH]2)cc1. The largest absolute Gasteiger partial charge is 0.447 e. The maximum absolute atomic E-state index is 5.94. The molecule has 1 atom stereocenters. The predicted octanol–water partition coefficient (Wildman–Crippen LogP) is 5.54. The van der Waals surface area contributed by atoms with E-state index in [1.54, 1.807) is 6.40 Å². The number of hydrogen-bond acceptors (Lipinski definition) is 2. The first-order valence-electron chi connectivity index (χ1n) is 8.49. The van der Waals surface area contributed by atoms with Crippen LogP contribution in [-0.4, -0.2) is 11.9 Å². The summed E-state index contributed by atoms with van der Waals surface area (Å²) in [7, 11) is 0. The highest BCUT2D eigenvalue weighted by atomic mass is 35.5. The quantitative estimate of drug-likeness (QED) is 0.681. The number of ether oxygens (including phenoxy) is 1. The normalized spacial score (nSPS) is 25.3. The molecule has 2 nitrogen and oxygen atoms in total. The molecule has 1 unspecified atom stereocenters. The summed E-state index contributed by atoms with van der Waals surface area (Å²) in [4.78, 5) is 4.70. The monoisotopic (exact) mass is 356 g/mol. The Labute approximate surface area is 157 Å². The molecule has 1 spiro atoms. The summed E-state index contributed by atoms with van der Waals surface area (Å²) >= 11 is 5.94. The van der Waals surface area contributed by atoms with Gasteiger partial charge in [-0.05, 0) is 46.1 Å². The summed E-state index contributed by atoms with van der Waals surface area (Å²) in [5.41, 5.74) is 5.20. The number of aliphatic imine (C=N–C) groups is 1. The van der Waals surface area contributed by atoms with Crippen molar-refractivity contribution in [3.63, 3.8) is 0 Å². The van der Waals surface area contributed by atoms with Gasteiger partial charge in [-0.25, -0.2) is 4.99 Å². The minimum Gasteiger partial charge on any atom is -0.447 e. The highest BCUT2D eigenvalue weighted by Gasteiger charge is 2.48. The van der Waals surface area contributed by atoms with Gasteiger partial charge in [0.05, 0.1) is 0 Å². The van der Waals surface area contributed by atoms with Crippen molar-refractivity contribution in [2.24, 2.45) is 4.99 Å². The van der Waals surface area contributed by atoms with Crippen LogP contribution in [0.1, 0.15) is 5.56 Å². The summed E-state index contributed by atoms with van der Waals surface area (Å²) in [6, 6.07) is 7.81. The first-order valence-corrected chi connectivity index (χ1v) is 8.86. The lowest BCUT2D eigenvalue weighted by Crippen LogP contribution is -2.35. The van der Waals surface area contributed by atoms with Gasteiger partial charge in [0, 0.05) is 11.4 Å². The molecule has 0 saturated heterocycles. The van der Waals surface area contributed by atoms with Gasteiger partial charge in [-0.2, -0.15) is 0 Å². The van der Waals surface area contributed by atoms with Crippen molar-refractivity contribution < 1.29 is 4.74 Å². The third-order valence-corrected chi connectivity index (χ3v) is 5.22. The van der Waals surface area contributed by atoms with Gasteiger partial charge in [0.25, 0.3) is 0 Å². The standard InChI is InChI=1S/C23H15ClNO/c24-20-11-6-16(7-12-20)4-5-17-8-13-21-18(14-17)9-10-19-2-1-3-22-23(19,21)25-15-26-22/h1-15H/b5-4+. The lowest BCUT2D eigenvalue weighted by Gasteiger charge is -2.36. The van der Waals surface area contributed by atoms with Crippen molar-refractivity contribution in [2.45, 2.75) is 5.54 Å². The van der Waals surface area contributed by atoms with E-state index in [0.717, 1.165) is 38.6 Å². The predicted molar refractivity (Wildman–Crippen MR) is 107 cm³/mol. The van der Waals surface area contributed by atoms with Gasteiger partial charge < -0.3 is 4.74 Å². The maximum atomic E-state index is 5.94. The number of allylic oxidation sites excluding steroid dienone is 8. The molecule has 1 aromatic rings. The zero-order chi connectivity index (χ0) is 17.6. The number of nitrogens with zero attached hydrogens (tertiary/aromatic N) is 1. The van der Waals surface area contributed by atoms with Gasteiger partial charge in [0.2, 0.25) is 0 Å². The minimum atomic E-state index is -0.517. The Morgan fingerprint density at radius 2 is 1.85 bits per heavy atom. The molecule has 5 rings (SSSR count). The highest BCUT2D eigenvalue weighted by Crippen LogP contribution is 2.50. The Kier molecular flexibility index (Phi) is 3.47. The van der Waals surface area contributed by atoms with Gasteiger partial charge in [-0.3, -0.25) is 0 Å². The number of rotatable bonds is 2. The summed E-state index contributed by atoms with van der Waals surface area (Å²) in [5.74, 6) is 0.866. The molecule has 1 aromatic carbocycles. The van der Waals surface area contributed by atoms with Crippen molar-refractivity contribution in [3.8, 4) is 0 Å². The molecule has 0 aromatic heterocycles. The molecule has 1 radical (unpaired) electrons. The van der Waals surface area contributed by atoms with E-state index in [9.17, 15) is 0 Å². The Bertz CT molecular complexity index is 1030. The summed E-state index contributed by atoms with van der Waals surface area (Å²) in [6.45, 7) is 0. The highest BCUT2D eigenvalue weighted by molar-refractivity contribution is 6.30. The zero-order valence-electron chi connectivity index (χ0n) is 13.9. The smallest absolute Gasteiger partial charge is 0.177 e. The van der Waals surface area contributed by atoms with Gasteiger partial charge in [-0.1, -0.05) is 72.3 Å². The molecule has 26 heavy (non-hydrogen) atoms. The van der Waals surface area contributed by atoms with Crippen LogP contribution in [0, 0.1) is 6.42 Å². The van der Waals surface area contributed by atoms with Crippen LogP contribution in [0.2, 0.25) is 5.02 Å². The molecule has 0 saturated carbocycles. The molecule has 0 N–H and O–H groups in total. The Morgan fingerprint density at radius 3 is 2.73 bits per heavy atom. The molecule has 0 bridgehead atoms. The van der Waals surface area contributed by atoms with E-state index in [-0.39, 0.29) is 0 Å². The van der Waals surface area contributed by atoms with E-state index in [0.29, 0.717) is 0 Å². The van der Waals surface area contributed by atoms with Gasteiger partial charge in [0.15, 0.2) is 11.9 Å². The Balaban J connectivity index is 1.49. The zero-order valence-corrected chi connectivity index (χ0v) is 14.6. The van der Waals surface area contributed by atoms with E-state index in [1.165, 1.54) is 0 Å². The average molecular weight is 357 g/mol. The third kappa shape index (κ3) is 2.30. The first-order chi connectivity index (χ1) is 12.8. The summed E-state index contributed by atoms with van der Waals surface area (Å²) in [5, 5.41) is 0.747. The van der Waals surface area contributed by atoms with Crippen LogP contribution in [0.4, 0.5) is 0 Å². The molecule has 0 fully saturated rings. The number of hydrogen-bond donors (Lipinski definition) is 0. The lowest BCUT2D eigenvalue weighted by molar-refractivity contribution is 0.408. The number of halogens is 1. The first kappa shape index (κ1) is 15.4. The van der Waals surface area contributed by atoms with Crippen molar-refractivity contribution in [1.82, 2.24) is 0 Å². The minimum absolute atomic E-state index is 0.517. The van der Waals surface area contributed by atoms with E-state index in [2.05, 4.69) is 49.0 Å². The van der Waals surface area contributed by atoms with Crippen LogP contribution < -0.4 is 0 Å². The lowest BCUT2D eigenvalue weighted by atomic mass is 9.70. The fraction of sp³-hybridized carbons (Fsp3) is 0.0435. The summed E-state index contributed by atoms with van der Waals surface area (Å²) < 4.78 is 5.66. The van der Waals surface area contributed by atoms with E-state index >= 15 is 0 Å². The topological polar surface area (TPSA) is 21.6 Å². The maximum Gasteiger partial charge on any atom is 0.177 e. The molecule has 0 amide bonds. The van der Waals surface area contributed by atoms with Crippen molar-refractivity contribution >= 4 is 24.1 Å². The van der Waals surface area contributed by atoms with Gasteiger partial charge in [-0.15, -0.1) is 0 Å². The van der Waals surface area contributed by atoms with Crippen LogP contribution in [0.3, 0.4) is 0 Å². The van der Waals surface area contributed by atoms with Crippen molar-refractivity contribution in [1.29, 1.82) is 0 Å². The molecule has 125 valence electrons. The second-order valence-corrected chi connectivity index (χ2v) is 6.91. The fourth-order valence-electron chi connectivity index (χ4n) is 3.68. The Hall–Kier alpha value is -2.84. The van der Waals surface area contributed by atoms with Crippen molar-refractivity contribution in [3.05, 3.63) is 118 Å². The Morgan fingerprint density at radius 1 is 0.962 bits per heavy atom. The van der Waals surface area contributed by atoms with Crippen LogP contribution in [0.25, 0.3) is 6.08 Å². The van der Waals surface area contributed by atoms with Crippen LogP contribution in [0.5, 0.6) is 0 Å². The van der Waals surface area contributed by atoms with E-state index in [1.807, 2.05) is 36.4 Å². The average Bonchev–Trinajstić information content (AvgIpc) is 3.11. The van der Waals surface area contributed by atoms with Crippen LogP contribution in [0.15, 0.2) is 106 Å². The number of benzene rings is 1. The molecular formula is C23H15ClNO.